The number of hydrogen-bond acceptors (Lipinski definition) is 4. The lowest BCUT2D eigenvalue weighted by Gasteiger charge is -2.25. The molecule has 1 fully saturated rings. The van der Waals surface area contributed by atoms with Crippen LogP contribution in [0.2, 0.25) is 0 Å². The SMILES string of the molecule is NC(=O)c1cccc(N)c1NC1CCSCC1. The van der Waals surface area contributed by atoms with E-state index in [-0.39, 0.29) is 0 Å². The molecule has 5 heteroatoms. The Balaban J connectivity index is 2.21. The molecule has 1 amide bonds. The van der Waals surface area contributed by atoms with Crippen molar-refractivity contribution in [2.45, 2.75) is 18.9 Å². The van der Waals surface area contributed by atoms with Gasteiger partial charge in [0, 0.05) is 6.04 Å². The second kappa shape index (κ2) is 5.31. The number of carbonyl (C=O) groups excluding carboxylic acids is 1. The number of rotatable bonds is 3. The summed E-state index contributed by atoms with van der Waals surface area (Å²) in [5, 5.41) is 3.36. The molecule has 0 saturated carbocycles. The lowest BCUT2D eigenvalue weighted by molar-refractivity contribution is 0.100. The second-order valence-corrected chi connectivity index (χ2v) is 5.39. The number of hydrogen-bond donors (Lipinski definition) is 3. The first-order chi connectivity index (χ1) is 8.18. The van der Waals surface area contributed by atoms with E-state index >= 15 is 0 Å². The number of thioether (sulfide) groups is 1. The number of anilines is 2. The van der Waals surface area contributed by atoms with E-state index in [1.807, 2.05) is 11.8 Å². The Morgan fingerprint density at radius 3 is 2.71 bits per heavy atom. The summed E-state index contributed by atoms with van der Waals surface area (Å²) >= 11 is 1.96. The van der Waals surface area contributed by atoms with Crippen LogP contribution in [0, 0.1) is 0 Å². The maximum Gasteiger partial charge on any atom is 0.250 e. The summed E-state index contributed by atoms with van der Waals surface area (Å²) in [4.78, 5) is 11.3. The molecule has 0 aliphatic carbocycles. The molecular weight excluding hydrogens is 234 g/mol. The smallest absolute Gasteiger partial charge is 0.250 e. The van der Waals surface area contributed by atoms with Gasteiger partial charge >= 0.3 is 0 Å². The minimum absolute atomic E-state index is 0.388. The third-order valence-corrected chi connectivity index (χ3v) is 3.98. The van der Waals surface area contributed by atoms with Crippen molar-refractivity contribution in [3.8, 4) is 0 Å². The summed E-state index contributed by atoms with van der Waals surface area (Å²) < 4.78 is 0. The highest BCUT2D eigenvalue weighted by Crippen LogP contribution is 2.27. The predicted molar refractivity (Wildman–Crippen MR) is 73.3 cm³/mol. The quantitative estimate of drug-likeness (QED) is 0.714. The van der Waals surface area contributed by atoms with Crippen LogP contribution in [0.4, 0.5) is 11.4 Å². The lowest BCUT2D eigenvalue weighted by Crippen LogP contribution is -2.27. The molecule has 1 aromatic rings. The molecule has 0 spiro atoms. The minimum atomic E-state index is -0.440. The molecule has 0 bridgehead atoms. The normalized spacial score (nSPS) is 16.7. The molecule has 0 atom stereocenters. The summed E-state index contributed by atoms with van der Waals surface area (Å²) in [6.07, 6.45) is 2.19. The molecule has 92 valence electrons. The zero-order chi connectivity index (χ0) is 12.3. The number of benzene rings is 1. The number of carbonyl (C=O) groups is 1. The van der Waals surface area contributed by atoms with Gasteiger partial charge in [-0.3, -0.25) is 4.79 Å². The van der Waals surface area contributed by atoms with E-state index in [0.717, 1.165) is 24.3 Å². The van der Waals surface area contributed by atoms with Gasteiger partial charge in [-0.1, -0.05) is 6.07 Å². The first-order valence-corrected chi connectivity index (χ1v) is 6.86. The number of amides is 1. The summed E-state index contributed by atoms with van der Waals surface area (Å²) in [7, 11) is 0. The molecule has 5 N–H and O–H groups in total. The summed E-state index contributed by atoms with van der Waals surface area (Å²) in [6.45, 7) is 0. The third-order valence-electron chi connectivity index (χ3n) is 2.93. The van der Waals surface area contributed by atoms with Crippen molar-refractivity contribution in [1.82, 2.24) is 0 Å². The van der Waals surface area contributed by atoms with Gasteiger partial charge in [-0.25, -0.2) is 0 Å². The van der Waals surface area contributed by atoms with E-state index in [4.69, 9.17) is 11.5 Å². The van der Waals surface area contributed by atoms with Gasteiger partial charge in [0.05, 0.1) is 16.9 Å². The van der Waals surface area contributed by atoms with Crippen LogP contribution in [0.15, 0.2) is 18.2 Å². The Hall–Kier alpha value is -1.36. The number of para-hydroxylation sites is 1. The van der Waals surface area contributed by atoms with E-state index in [9.17, 15) is 4.79 Å². The number of nitrogen functional groups attached to an aromatic ring is 1. The summed E-state index contributed by atoms with van der Waals surface area (Å²) in [5.41, 5.74) is 13.0. The average molecular weight is 251 g/mol. The Bertz CT molecular complexity index is 416. The first kappa shape index (κ1) is 12.1. The van der Waals surface area contributed by atoms with Crippen molar-refractivity contribution in [2.24, 2.45) is 5.73 Å². The van der Waals surface area contributed by atoms with E-state index in [2.05, 4.69) is 5.32 Å². The predicted octanol–water partition coefficient (Wildman–Crippen LogP) is 1.68. The van der Waals surface area contributed by atoms with Crippen molar-refractivity contribution in [2.75, 3.05) is 22.6 Å². The average Bonchev–Trinajstić information content (AvgIpc) is 2.33. The first-order valence-electron chi connectivity index (χ1n) is 5.71. The third kappa shape index (κ3) is 2.85. The van der Waals surface area contributed by atoms with Gasteiger partial charge in [0.25, 0.3) is 5.91 Å². The van der Waals surface area contributed by atoms with E-state index in [1.54, 1.807) is 18.2 Å². The van der Waals surface area contributed by atoms with Crippen LogP contribution >= 0.6 is 11.8 Å². The molecule has 2 rings (SSSR count). The lowest BCUT2D eigenvalue weighted by atomic mass is 10.1. The number of nitrogens with two attached hydrogens (primary N) is 2. The molecule has 17 heavy (non-hydrogen) atoms. The number of nitrogens with one attached hydrogen (secondary N) is 1. The second-order valence-electron chi connectivity index (χ2n) is 4.17. The van der Waals surface area contributed by atoms with Gasteiger partial charge in [-0.05, 0) is 36.5 Å². The largest absolute Gasteiger partial charge is 0.397 e. The maximum atomic E-state index is 11.3. The molecule has 4 nitrogen and oxygen atoms in total. The standard InChI is InChI=1S/C12H17N3OS/c13-10-3-1-2-9(12(14)16)11(10)15-8-4-6-17-7-5-8/h1-3,8,15H,4-7,13H2,(H2,14,16). The fourth-order valence-corrected chi connectivity index (χ4v) is 3.09. The van der Waals surface area contributed by atoms with Gasteiger partial charge in [-0.2, -0.15) is 11.8 Å². The molecule has 1 aliphatic rings. The molecule has 1 aliphatic heterocycles. The number of primary amides is 1. The topological polar surface area (TPSA) is 81.1 Å². The van der Waals surface area contributed by atoms with E-state index in [1.165, 1.54) is 0 Å². The van der Waals surface area contributed by atoms with Crippen LogP contribution in [0.3, 0.4) is 0 Å². The molecule has 0 radical (unpaired) electrons. The van der Waals surface area contributed by atoms with Gasteiger partial charge in [0.1, 0.15) is 0 Å². The van der Waals surface area contributed by atoms with E-state index < -0.39 is 5.91 Å². The summed E-state index contributed by atoms with van der Waals surface area (Å²) in [5.74, 6) is 1.86. The Morgan fingerprint density at radius 2 is 2.06 bits per heavy atom. The van der Waals surface area contributed by atoms with Crippen molar-refractivity contribution in [1.29, 1.82) is 0 Å². The molecule has 1 heterocycles. The monoisotopic (exact) mass is 251 g/mol. The Morgan fingerprint density at radius 1 is 1.35 bits per heavy atom. The van der Waals surface area contributed by atoms with Gasteiger partial charge < -0.3 is 16.8 Å². The Labute approximate surface area is 105 Å². The van der Waals surface area contributed by atoms with Gasteiger partial charge in [-0.15, -0.1) is 0 Å². The van der Waals surface area contributed by atoms with Crippen molar-refractivity contribution < 1.29 is 4.79 Å². The molecule has 0 unspecified atom stereocenters. The van der Waals surface area contributed by atoms with Gasteiger partial charge in [0.15, 0.2) is 0 Å². The highest BCUT2D eigenvalue weighted by atomic mass is 32.2. The molecule has 0 aromatic heterocycles. The summed E-state index contributed by atoms with van der Waals surface area (Å²) in [6, 6.07) is 5.63. The zero-order valence-corrected chi connectivity index (χ0v) is 10.4. The molecule has 1 aromatic carbocycles. The van der Waals surface area contributed by atoms with E-state index in [0.29, 0.717) is 23.0 Å². The highest BCUT2D eigenvalue weighted by Gasteiger charge is 2.17. The van der Waals surface area contributed by atoms with Gasteiger partial charge in [0.2, 0.25) is 0 Å². The van der Waals surface area contributed by atoms with Crippen LogP contribution in [0.25, 0.3) is 0 Å². The van der Waals surface area contributed by atoms with Crippen LogP contribution in [-0.4, -0.2) is 23.5 Å². The maximum absolute atomic E-state index is 11.3. The van der Waals surface area contributed by atoms with Crippen LogP contribution in [-0.2, 0) is 0 Å². The Kier molecular flexibility index (Phi) is 3.78. The highest BCUT2D eigenvalue weighted by molar-refractivity contribution is 7.99. The van der Waals surface area contributed by atoms with Crippen LogP contribution in [0.1, 0.15) is 23.2 Å². The molecular formula is C12H17N3OS. The van der Waals surface area contributed by atoms with Crippen molar-refractivity contribution in [3.05, 3.63) is 23.8 Å². The van der Waals surface area contributed by atoms with Crippen molar-refractivity contribution >= 4 is 29.0 Å². The zero-order valence-electron chi connectivity index (χ0n) is 9.61. The fraction of sp³-hybridized carbons (Fsp3) is 0.417. The van der Waals surface area contributed by atoms with Crippen LogP contribution < -0.4 is 16.8 Å². The molecule has 1 saturated heterocycles. The van der Waals surface area contributed by atoms with Crippen molar-refractivity contribution in [3.63, 3.8) is 0 Å². The minimum Gasteiger partial charge on any atom is -0.397 e. The fourth-order valence-electron chi connectivity index (χ4n) is 1.98. The van der Waals surface area contributed by atoms with Crippen LogP contribution in [0.5, 0.6) is 0 Å².